The lowest BCUT2D eigenvalue weighted by atomic mass is 9.85. The number of nitrogens with one attached hydrogen (secondary N) is 1. The minimum Gasteiger partial charge on any atom is -0.377 e. The summed E-state index contributed by atoms with van der Waals surface area (Å²) < 4.78 is 33.1. The summed E-state index contributed by atoms with van der Waals surface area (Å²) in [5.74, 6) is -3.13. The third-order valence-corrected chi connectivity index (χ3v) is 7.09. The predicted octanol–water partition coefficient (Wildman–Crippen LogP) is 5.00. The van der Waals surface area contributed by atoms with Gasteiger partial charge in [-0.05, 0) is 55.2 Å². The summed E-state index contributed by atoms with van der Waals surface area (Å²) in [6, 6.07) is 10.5. The van der Waals surface area contributed by atoms with Crippen LogP contribution in [-0.4, -0.2) is 46.9 Å². The fourth-order valence-electron chi connectivity index (χ4n) is 5.04. The lowest BCUT2D eigenvalue weighted by Gasteiger charge is -2.45. The summed E-state index contributed by atoms with van der Waals surface area (Å²) in [4.78, 5) is 18.9. The number of benzene rings is 1. The summed E-state index contributed by atoms with van der Waals surface area (Å²) in [6.45, 7) is 7.16. The molecule has 2 aliphatic heterocycles. The zero-order valence-electron chi connectivity index (χ0n) is 20.6. The Kier molecular flexibility index (Phi) is 6.42. The van der Waals surface area contributed by atoms with Crippen molar-refractivity contribution in [2.45, 2.75) is 45.6 Å². The first-order valence-corrected chi connectivity index (χ1v) is 12.2. The average Bonchev–Trinajstić information content (AvgIpc) is 2.88. The summed E-state index contributed by atoms with van der Waals surface area (Å²) in [5.41, 5.74) is 4.86. The Morgan fingerprint density at radius 2 is 2.06 bits per heavy atom. The molecule has 2 aromatic heterocycles. The molecular weight excluding hydrogens is 464 g/mol. The zero-order valence-corrected chi connectivity index (χ0v) is 20.6. The first kappa shape index (κ1) is 24.2. The number of aryl methyl sites for hydroxylation is 1. The molecule has 1 fully saturated rings. The van der Waals surface area contributed by atoms with Crippen molar-refractivity contribution in [3.63, 3.8) is 0 Å². The molecule has 5 rings (SSSR count). The van der Waals surface area contributed by atoms with Gasteiger partial charge in [0.05, 0.1) is 36.3 Å². The molecule has 4 heterocycles. The molecule has 9 heteroatoms. The quantitative estimate of drug-likeness (QED) is 0.539. The second-order valence-corrected chi connectivity index (χ2v) is 9.57. The van der Waals surface area contributed by atoms with E-state index in [1.165, 1.54) is 12.3 Å². The van der Waals surface area contributed by atoms with Gasteiger partial charge in [0, 0.05) is 36.5 Å². The van der Waals surface area contributed by atoms with E-state index >= 15 is 0 Å². The maximum absolute atomic E-state index is 13.7. The number of aromatic nitrogens is 3. The standard InChI is InChI=1S/C27H29F2N5O2/c1-4-17-11-22-23(34-9-10-36-15-24(17)34)14-21(32-33-22)20-13-19(6-5-16(20)2)31-26(35)18-7-8-30-25(12-18)27(3,28)29/h5-8,12-14,17,24H,4,9-11,15H2,1-3H3,(H,31,35)/t17-,24+/m0/s1. The van der Waals surface area contributed by atoms with Gasteiger partial charge >= 0.3 is 0 Å². The molecular formula is C27H29F2N5O2. The third kappa shape index (κ3) is 4.67. The molecule has 0 saturated carbocycles. The van der Waals surface area contributed by atoms with Gasteiger partial charge < -0.3 is 15.0 Å². The first-order chi connectivity index (χ1) is 17.2. The molecule has 0 bridgehead atoms. The maximum Gasteiger partial charge on any atom is 0.286 e. The molecule has 0 aliphatic carbocycles. The molecule has 7 nitrogen and oxygen atoms in total. The normalized spacial score (nSPS) is 19.4. The van der Waals surface area contributed by atoms with Crippen LogP contribution in [0.15, 0.2) is 42.6 Å². The van der Waals surface area contributed by atoms with E-state index in [-0.39, 0.29) is 5.56 Å². The molecule has 3 aromatic rings. The molecule has 0 radical (unpaired) electrons. The Morgan fingerprint density at radius 3 is 2.83 bits per heavy atom. The van der Waals surface area contributed by atoms with Crippen molar-refractivity contribution in [1.29, 1.82) is 0 Å². The molecule has 2 aliphatic rings. The van der Waals surface area contributed by atoms with E-state index in [2.05, 4.69) is 38.4 Å². The number of nitrogens with zero attached hydrogens (tertiary/aromatic N) is 4. The van der Waals surface area contributed by atoms with Crippen molar-refractivity contribution in [2.24, 2.45) is 5.92 Å². The van der Waals surface area contributed by atoms with E-state index in [0.29, 0.717) is 24.3 Å². The number of pyridine rings is 1. The van der Waals surface area contributed by atoms with E-state index in [0.717, 1.165) is 67.2 Å². The molecule has 1 amide bonds. The van der Waals surface area contributed by atoms with Crippen LogP contribution in [-0.2, 0) is 17.1 Å². The van der Waals surface area contributed by atoms with Gasteiger partial charge in [-0.25, -0.2) is 0 Å². The lowest BCUT2D eigenvalue weighted by Crippen LogP contribution is -2.53. The van der Waals surface area contributed by atoms with Crippen LogP contribution in [0.3, 0.4) is 0 Å². The van der Waals surface area contributed by atoms with Crippen LogP contribution < -0.4 is 10.2 Å². The number of rotatable bonds is 5. The number of anilines is 2. The second-order valence-electron chi connectivity index (χ2n) is 9.57. The molecule has 0 spiro atoms. The highest BCUT2D eigenvalue weighted by atomic mass is 19.3. The van der Waals surface area contributed by atoms with Crippen molar-refractivity contribution in [1.82, 2.24) is 15.2 Å². The van der Waals surface area contributed by atoms with E-state index in [4.69, 9.17) is 4.74 Å². The summed E-state index contributed by atoms with van der Waals surface area (Å²) in [5, 5.41) is 11.9. The minimum atomic E-state index is -3.13. The Balaban J connectivity index is 1.43. The van der Waals surface area contributed by atoms with Gasteiger partial charge in [0.1, 0.15) is 5.69 Å². The van der Waals surface area contributed by atoms with Crippen LogP contribution in [0.25, 0.3) is 11.3 Å². The van der Waals surface area contributed by atoms with Crippen LogP contribution in [0.2, 0.25) is 0 Å². The number of morpholine rings is 1. The first-order valence-electron chi connectivity index (χ1n) is 12.2. The molecule has 2 atom stereocenters. The van der Waals surface area contributed by atoms with Crippen molar-refractivity contribution >= 4 is 17.3 Å². The van der Waals surface area contributed by atoms with Crippen molar-refractivity contribution in [3.8, 4) is 11.3 Å². The number of carbonyl (C=O) groups excluding carboxylic acids is 1. The Morgan fingerprint density at radius 1 is 1.22 bits per heavy atom. The fraction of sp³-hybridized carbons (Fsp3) is 0.407. The second kappa shape index (κ2) is 9.54. The number of amides is 1. The van der Waals surface area contributed by atoms with Gasteiger partial charge in [0.25, 0.3) is 11.8 Å². The van der Waals surface area contributed by atoms with Crippen molar-refractivity contribution < 1.29 is 18.3 Å². The summed E-state index contributed by atoms with van der Waals surface area (Å²) in [7, 11) is 0. The van der Waals surface area contributed by atoms with E-state index in [1.807, 2.05) is 19.1 Å². The molecule has 1 N–H and O–H groups in total. The largest absolute Gasteiger partial charge is 0.377 e. The SMILES string of the molecule is CC[C@H]1Cc2nnc(-c3cc(NC(=O)c4ccnc(C(C)(F)F)c4)ccc3C)cc2N2CCOC[C@H]12. The maximum atomic E-state index is 13.7. The highest BCUT2D eigenvalue weighted by Crippen LogP contribution is 2.38. The summed E-state index contributed by atoms with van der Waals surface area (Å²) >= 11 is 0. The van der Waals surface area contributed by atoms with Gasteiger partial charge in [-0.1, -0.05) is 19.4 Å². The lowest BCUT2D eigenvalue weighted by molar-refractivity contribution is 0.0127. The van der Waals surface area contributed by atoms with Crippen LogP contribution in [0.1, 0.15) is 47.6 Å². The average molecular weight is 494 g/mol. The number of hydrogen-bond acceptors (Lipinski definition) is 6. The topological polar surface area (TPSA) is 80.2 Å². The molecule has 36 heavy (non-hydrogen) atoms. The number of alkyl halides is 2. The molecule has 1 aromatic carbocycles. The van der Waals surface area contributed by atoms with E-state index in [1.54, 1.807) is 6.07 Å². The smallest absolute Gasteiger partial charge is 0.286 e. The fourth-order valence-corrected chi connectivity index (χ4v) is 5.04. The number of halogens is 2. The zero-order chi connectivity index (χ0) is 25.4. The summed E-state index contributed by atoms with van der Waals surface area (Å²) in [6.07, 6.45) is 3.15. The number of fused-ring (bicyclic) bond motifs is 3. The molecule has 0 unspecified atom stereocenters. The Bertz CT molecular complexity index is 1290. The van der Waals surface area contributed by atoms with Crippen LogP contribution in [0.5, 0.6) is 0 Å². The highest BCUT2D eigenvalue weighted by molar-refractivity contribution is 6.04. The van der Waals surface area contributed by atoms with Gasteiger partial charge in [-0.2, -0.15) is 19.0 Å². The predicted molar refractivity (Wildman–Crippen MR) is 133 cm³/mol. The van der Waals surface area contributed by atoms with Crippen LogP contribution in [0, 0.1) is 12.8 Å². The van der Waals surface area contributed by atoms with Crippen LogP contribution >= 0.6 is 0 Å². The van der Waals surface area contributed by atoms with E-state index in [9.17, 15) is 13.6 Å². The van der Waals surface area contributed by atoms with Crippen LogP contribution in [0.4, 0.5) is 20.2 Å². The number of hydrogen-bond donors (Lipinski definition) is 1. The van der Waals surface area contributed by atoms with Crippen molar-refractivity contribution in [2.75, 3.05) is 30.0 Å². The van der Waals surface area contributed by atoms with Gasteiger partial charge in [0.2, 0.25) is 0 Å². The third-order valence-electron chi connectivity index (χ3n) is 7.09. The molecule has 188 valence electrons. The van der Waals surface area contributed by atoms with Gasteiger partial charge in [0.15, 0.2) is 0 Å². The van der Waals surface area contributed by atoms with Gasteiger partial charge in [-0.3, -0.25) is 9.78 Å². The molecule has 1 saturated heterocycles. The highest BCUT2D eigenvalue weighted by Gasteiger charge is 2.36. The Labute approximate surface area is 208 Å². The van der Waals surface area contributed by atoms with E-state index < -0.39 is 17.5 Å². The minimum absolute atomic E-state index is 0.112. The number of carbonyl (C=O) groups is 1. The Hall–Kier alpha value is -3.46. The van der Waals surface area contributed by atoms with Crippen molar-refractivity contribution in [3.05, 3.63) is 65.1 Å². The van der Waals surface area contributed by atoms with Gasteiger partial charge in [-0.15, -0.1) is 0 Å². The number of ether oxygens (including phenoxy) is 1. The monoisotopic (exact) mass is 493 g/mol.